The number of rotatable bonds is 5. The highest BCUT2D eigenvalue weighted by molar-refractivity contribution is 6.32. The van der Waals surface area contributed by atoms with Crippen LogP contribution in [0.5, 0.6) is 5.75 Å². The molecule has 26 heavy (non-hydrogen) atoms. The van der Waals surface area contributed by atoms with Crippen LogP contribution >= 0.6 is 36.4 Å². The van der Waals surface area contributed by atoms with Crippen molar-refractivity contribution in [3.8, 4) is 5.75 Å². The predicted octanol–water partition coefficient (Wildman–Crippen LogP) is 4.03. The van der Waals surface area contributed by atoms with E-state index in [-0.39, 0.29) is 31.4 Å². The lowest BCUT2D eigenvalue weighted by molar-refractivity contribution is 0.340. The molecule has 0 spiro atoms. The number of hydrogen-bond donors (Lipinski definition) is 2. The molecule has 0 saturated heterocycles. The standard InChI is InChI=1S/C18H19ClN4O.2ClH/c1-2-24-15-8-7-11(9-13(15)19)17(21)18-12-5-3-4-6-14(12)22-16(10-20)23-18;;/h3-9,17H,2,10,20-21H2,1H3;2*1H. The van der Waals surface area contributed by atoms with Gasteiger partial charge in [-0.2, -0.15) is 0 Å². The summed E-state index contributed by atoms with van der Waals surface area (Å²) in [6, 6.07) is 12.9. The molecular weight excluding hydrogens is 395 g/mol. The zero-order valence-corrected chi connectivity index (χ0v) is 16.6. The summed E-state index contributed by atoms with van der Waals surface area (Å²) < 4.78 is 5.47. The number of nitrogens with zero attached hydrogens (tertiary/aromatic N) is 2. The van der Waals surface area contributed by atoms with Gasteiger partial charge in [-0.1, -0.05) is 35.9 Å². The molecule has 1 atom stereocenters. The van der Waals surface area contributed by atoms with Gasteiger partial charge in [-0.25, -0.2) is 9.97 Å². The molecule has 0 bridgehead atoms. The predicted molar refractivity (Wildman–Crippen MR) is 111 cm³/mol. The molecule has 1 heterocycles. The maximum absolute atomic E-state index is 6.47. The second-order valence-corrected chi connectivity index (χ2v) is 5.75. The average molecular weight is 416 g/mol. The minimum atomic E-state index is -0.434. The molecule has 140 valence electrons. The molecule has 5 nitrogen and oxygen atoms in total. The van der Waals surface area contributed by atoms with Gasteiger partial charge in [-0.15, -0.1) is 24.8 Å². The first-order chi connectivity index (χ1) is 11.6. The fourth-order valence-corrected chi connectivity index (χ4v) is 2.86. The summed E-state index contributed by atoms with van der Waals surface area (Å²) in [5, 5.41) is 1.44. The van der Waals surface area contributed by atoms with Crippen LogP contribution in [0.2, 0.25) is 5.02 Å². The first-order valence-corrected chi connectivity index (χ1v) is 8.15. The molecular formula is C18H21Cl3N4O. The van der Waals surface area contributed by atoms with Gasteiger partial charge in [0.15, 0.2) is 0 Å². The summed E-state index contributed by atoms with van der Waals surface area (Å²) in [5.74, 6) is 1.21. The van der Waals surface area contributed by atoms with Crippen molar-refractivity contribution in [2.75, 3.05) is 6.61 Å². The van der Waals surface area contributed by atoms with Gasteiger partial charge < -0.3 is 16.2 Å². The minimum absolute atomic E-state index is 0. The molecule has 0 aliphatic carbocycles. The van der Waals surface area contributed by atoms with E-state index in [4.69, 9.17) is 27.8 Å². The van der Waals surface area contributed by atoms with Gasteiger partial charge in [0.25, 0.3) is 0 Å². The van der Waals surface area contributed by atoms with E-state index in [1.807, 2.05) is 49.4 Å². The van der Waals surface area contributed by atoms with Gasteiger partial charge in [0.1, 0.15) is 11.6 Å². The molecule has 1 unspecified atom stereocenters. The Bertz CT molecular complexity index is 876. The van der Waals surface area contributed by atoms with E-state index in [9.17, 15) is 0 Å². The second kappa shape index (κ2) is 9.90. The smallest absolute Gasteiger partial charge is 0.142 e. The monoisotopic (exact) mass is 414 g/mol. The fraction of sp³-hybridized carbons (Fsp3) is 0.222. The first kappa shape index (κ1) is 22.4. The molecule has 0 aliphatic heterocycles. The van der Waals surface area contributed by atoms with Crippen molar-refractivity contribution < 1.29 is 4.74 Å². The van der Waals surface area contributed by atoms with Crippen LogP contribution in [0.15, 0.2) is 42.5 Å². The molecule has 0 saturated carbocycles. The number of ether oxygens (including phenoxy) is 1. The first-order valence-electron chi connectivity index (χ1n) is 7.77. The molecule has 3 aromatic rings. The number of fused-ring (bicyclic) bond motifs is 1. The topological polar surface area (TPSA) is 87.0 Å². The normalized spacial score (nSPS) is 11.4. The van der Waals surface area contributed by atoms with Crippen LogP contribution in [0.3, 0.4) is 0 Å². The Kier molecular flexibility index (Phi) is 8.53. The summed E-state index contributed by atoms with van der Waals surface area (Å²) in [5.41, 5.74) is 14.6. The maximum Gasteiger partial charge on any atom is 0.142 e. The summed E-state index contributed by atoms with van der Waals surface area (Å²) in [7, 11) is 0. The van der Waals surface area contributed by atoms with Crippen molar-refractivity contribution in [1.82, 2.24) is 9.97 Å². The summed E-state index contributed by atoms with van der Waals surface area (Å²) in [6.45, 7) is 2.73. The SMILES string of the molecule is CCOc1ccc(C(N)c2nc(CN)nc3ccccc23)cc1Cl.Cl.Cl. The summed E-state index contributed by atoms with van der Waals surface area (Å²) >= 11 is 6.28. The number of benzene rings is 2. The van der Waals surface area contributed by atoms with Crippen LogP contribution in [-0.2, 0) is 6.54 Å². The number of para-hydroxylation sites is 1. The average Bonchev–Trinajstić information content (AvgIpc) is 2.62. The third-order valence-corrected chi connectivity index (χ3v) is 4.07. The zero-order chi connectivity index (χ0) is 17.1. The van der Waals surface area contributed by atoms with Crippen LogP contribution in [0.4, 0.5) is 0 Å². The van der Waals surface area contributed by atoms with Gasteiger partial charge in [-0.05, 0) is 30.7 Å². The zero-order valence-electron chi connectivity index (χ0n) is 14.2. The Morgan fingerprint density at radius 2 is 1.85 bits per heavy atom. The highest BCUT2D eigenvalue weighted by Gasteiger charge is 2.17. The van der Waals surface area contributed by atoms with E-state index in [1.54, 1.807) is 0 Å². The lowest BCUT2D eigenvalue weighted by Gasteiger charge is -2.16. The largest absolute Gasteiger partial charge is 0.492 e. The van der Waals surface area contributed by atoms with Gasteiger partial charge in [0.2, 0.25) is 0 Å². The Morgan fingerprint density at radius 1 is 1.12 bits per heavy atom. The third-order valence-electron chi connectivity index (χ3n) is 3.77. The summed E-state index contributed by atoms with van der Waals surface area (Å²) in [4.78, 5) is 9.00. The fourth-order valence-electron chi connectivity index (χ4n) is 2.62. The molecule has 0 amide bonds. The minimum Gasteiger partial charge on any atom is -0.492 e. The summed E-state index contributed by atoms with van der Waals surface area (Å²) in [6.07, 6.45) is 0. The number of halogens is 3. The Morgan fingerprint density at radius 3 is 2.50 bits per heavy atom. The quantitative estimate of drug-likeness (QED) is 0.657. The van der Waals surface area contributed by atoms with E-state index in [0.717, 1.165) is 22.2 Å². The molecule has 0 radical (unpaired) electrons. The van der Waals surface area contributed by atoms with Gasteiger partial charge in [-0.3, -0.25) is 0 Å². The van der Waals surface area contributed by atoms with Crippen LogP contribution in [0, 0.1) is 0 Å². The van der Waals surface area contributed by atoms with Crippen molar-refractivity contribution in [2.24, 2.45) is 11.5 Å². The molecule has 1 aromatic heterocycles. The molecule has 3 rings (SSSR count). The Hall–Kier alpha value is -1.63. The lowest BCUT2D eigenvalue weighted by atomic mass is 10.0. The van der Waals surface area contributed by atoms with Gasteiger partial charge in [0, 0.05) is 5.39 Å². The van der Waals surface area contributed by atoms with Crippen molar-refractivity contribution in [2.45, 2.75) is 19.5 Å². The number of nitrogens with two attached hydrogens (primary N) is 2. The Balaban J connectivity index is 0.00000169. The second-order valence-electron chi connectivity index (χ2n) is 5.35. The molecule has 4 N–H and O–H groups in total. The lowest BCUT2D eigenvalue weighted by Crippen LogP contribution is -2.17. The van der Waals surface area contributed by atoms with E-state index in [0.29, 0.717) is 23.2 Å². The highest BCUT2D eigenvalue weighted by atomic mass is 35.5. The van der Waals surface area contributed by atoms with Gasteiger partial charge in [0.05, 0.1) is 35.4 Å². The van der Waals surface area contributed by atoms with E-state index in [1.165, 1.54) is 0 Å². The molecule has 2 aromatic carbocycles. The highest BCUT2D eigenvalue weighted by Crippen LogP contribution is 2.31. The van der Waals surface area contributed by atoms with E-state index >= 15 is 0 Å². The van der Waals surface area contributed by atoms with Crippen molar-refractivity contribution >= 4 is 47.3 Å². The molecule has 0 fully saturated rings. The van der Waals surface area contributed by atoms with Crippen LogP contribution in [0.25, 0.3) is 10.9 Å². The van der Waals surface area contributed by atoms with Crippen LogP contribution < -0.4 is 16.2 Å². The Labute approximate surface area is 169 Å². The number of hydrogen-bond acceptors (Lipinski definition) is 5. The molecule has 0 aliphatic rings. The number of aromatic nitrogens is 2. The van der Waals surface area contributed by atoms with Gasteiger partial charge >= 0.3 is 0 Å². The van der Waals surface area contributed by atoms with Crippen LogP contribution in [-0.4, -0.2) is 16.6 Å². The van der Waals surface area contributed by atoms with E-state index in [2.05, 4.69) is 9.97 Å². The van der Waals surface area contributed by atoms with Crippen molar-refractivity contribution in [3.05, 3.63) is 64.6 Å². The van der Waals surface area contributed by atoms with E-state index < -0.39 is 6.04 Å². The third kappa shape index (κ3) is 4.55. The molecule has 8 heteroatoms. The van der Waals surface area contributed by atoms with Crippen molar-refractivity contribution in [1.29, 1.82) is 0 Å². The van der Waals surface area contributed by atoms with Crippen molar-refractivity contribution in [3.63, 3.8) is 0 Å². The maximum atomic E-state index is 6.47. The van der Waals surface area contributed by atoms with Crippen LogP contribution in [0.1, 0.15) is 30.0 Å².